The van der Waals surface area contributed by atoms with Gasteiger partial charge in [0.25, 0.3) is 5.91 Å². The highest BCUT2D eigenvalue weighted by Gasteiger charge is 2.27. The molecule has 0 fully saturated rings. The van der Waals surface area contributed by atoms with E-state index in [1.165, 1.54) is 24.3 Å². The number of hydrogen-bond donors (Lipinski definition) is 2. The number of nitrogens with zero attached hydrogens (tertiary/aromatic N) is 1. The van der Waals surface area contributed by atoms with Crippen molar-refractivity contribution in [1.29, 1.82) is 5.26 Å². The Morgan fingerprint density at radius 1 is 1.08 bits per heavy atom. The van der Waals surface area contributed by atoms with Gasteiger partial charge in [-0.3, -0.25) is 10.1 Å². The number of esters is 1. The van der Waals surface area contributed by atoms with Gasteiger partial charge in [-0.1, -0.05) is 30.3 Å². The summed E-state index contributed by atoms with van der Waals surface area (Å²) in [4.78, 5) is 36.4. The third-order valence-corrected chi connectivity index (χ3v) is 3.39. The van der Waals surface area contributed by atoms with E-state index in [0.717, 1.165) is 0 Å². The van der Waals surface area contributed by atoms with E-state index in [9.17, 15) is 14.4 Å². The van der Waals surface area contributed by atoms with Crippen LogP contribution in [-0.4, -0.2) is 24.5 Å². The van der Waals surface area contributed by atoms with Gasteiger partial charge in [0.05, 0.1) is 17.2 Å². The Balaban J connectivity index is 2.20. The molecule has 2 aromatic carbocycles. The molecule has 0 heterocycles. The van der Waals surface area contributed by atoms with E-state index in [4.69, 9.17) is 10.00 Å². The maximum Gasteiger partial charge on any atom is 0.339 e. The van der Waals surface area contributed by atoms with E-state index in [2.05, 4.69) is 10.6 Å². The Morgan fingerprint density at radius 3 is 2.31 bits per heavy atom. The molecule has 0 aromatic heterocycles. The number of ether oxygens (including phenoxy) is 1. The molecular formula is C19H17N3O4. The zero-order chi connectivity index (χ0) is 18.9. The Bertz CT molecular complexity index is 826. The van der Waals surface area contributed by atoms with Crippen molar-refractivity contribution >= 4 is 17.9 Å². The summed E-state index contributed by atoms with van der Waals surface area (Å²) < 4.78 is 5.32. The number of nitriles is 1. The number of amides is 3. The molecule has 3 amide bonds. The molecule has 26 heavy (non-hydrogen) atoms. The molecule has 1 unspecified atom stereocenters. The van der Waals surface area contributed by atoms with Gasteiger partial charge in [0.15, 0.2) is 0 Å². The van der Waals surface area contributed by atoms with Gasteiger partial charge >= 0.3 is 12.0 Å². The first kappa shape index (κ1) is 18.7. The van der Waals surface area contributed by atoms with Gasteiger partial charge in [-0.25, -0.2) is 9.59 Å². The molecule has 132 valence electrons. The number of rotatable bonds is 5. The SMILES string of the molecule is CCNC(=O)NC(=O)C(OC(=O)c1ccc(C#N)cc1)c1ccccc1. The molecule has 0 bridgehead atoms. The zero-order valence-corrected chi connectivity index (χ0v) is 14.1. The van der Waals surface area contributed by atoms with Crippen molar-refractivity contribution in [3.05, 3.63) is 71.3 Å². The molecule has 7 heteroatoms. The highest BCUT2D eigenvalue weighted by Crippen LogP contribution is 2.20. The number of hydrogen-bond acceptors (Lipinski definition) is 5. The van der Waals surface area contributed by atoms with Crippen LogP contribution >= 0.6 is 0 Å². The largest absolute Gasteiger partial charge is 0.444 e. The average molecular weight is 351 g/mol. The van der Waals surface area contributed by atoms with Gasteiger partial charge < -0.3 is 10.1 Å². The van der Waals surface area contributed by atoms with Crippen LogP contribution in [0.4, 0.5) is 4.79 Å². The van der Waals surface area contributed by atoms with E-state index in [1.54, 1.807) is 37.3 Å². The fourth-order valence-corrected chi connectivity index (χ4v) is 2.14. The number of urea groups is 1. The summed E-state index contributed by atoms with van der Waals surface area (Å²) in [7, 11) is 0. The van der Waals surface area contributed by atoms with Crippen molar-refractivity contribution in [2.75, 3.05) is 6.54 Å². The first-order valence-corrected chi connectivity index (χ1v) is 7.90. The standard InChI is InChI=1S/C19H17N3O4/c1-2-21-19(25)22-17(23)16(14-6-4-3-5-7-14)26-18(24)15-10-8-13(12-20)9-11-15/h3-11,16H,2H2,1H3,(H2,21,22,23,25). The van der Waals surface area contributed by atoms with Crippen molar-refractivity contribution in [2.24, 2.45) is 0 Å². The van der Waals surface area contributed by atoms with Gasteiger partial charge in [0.1, 0.15) is 0 Å². The van der Waals surface area contributed by atoms with Crippen LogP contribution in [-0.2, 0) is 9.53 Å². The molecule has 2 N–H and O–H groups in total. The first-order valence-electron chi connectivity index (χ1n) is 7.90. The van der Waals surface area contributed by atoms with Gasteiger partial charge in [0, 0.05) is 12.1 Å². The third kappa shape index (κ3) is 4.92. The number of carbonyl (C=O) groups is 3. The molecule has 0 aliphatic carbocycles. The van der Waals surface area contributed by atoms with Crippen molar-refractivity contribution < 1.29 is 19.1 Å². The van der Waals surface area contributed by atoms with E-state index >= 15 is 0 Å². The van der Waals surface area contributed by atoms with Crippen molar-refractivity contribution in [3.63, 3.8) is 0 Å². The lowest BCUT2D eigenvalue weighted by molar-refractivity contribution is -0.129. The Kier molecular flexibility index (Phi) is 6.46. The normalized spacial score (nSPS) is 10.9. The third-order valence-electron chi connectivity index (χ3n) is 3.39. The minimum absolute atomic E-state index is 0.191. The van der Waals surface area contributed by atoms with Gasteiger partial charge in [-0.05, 0) is 31.2 Å². The van der Waals surface area contributed by atoms with Crippen molar-refractivity contribution in [2.45, 2.75) is 13.0 Å². The van der Waals surface area contributed by atoms with E-state index in [1.807, 2.05) is 6.07 Å². The van der Waals surface area contributed by atoms with Crippen LogP contribution in [0.5, 0.6) is 0 Å². The van der Waals surface area contributed by atoms with E-state index in [0.29, 0.717) is 17.7 Å². The molecule has 2 rings (SSSR count). The lowest BCUT2D eigenvalue weighted by atomic mass is 10.1. The topological polar surface area (TPSA) is 108 Å². The molecule has 7 nitrogen and oxygen atoms in total. The van der Waals surface area contributed by atoms with Crippen LogP contribution < -0.4 is 10.6 Å². The summed E-state index contributed by atoms with van der Waals surface area (Å²) >= 11 is 0. The maximum atomic E-state index is 12.4. The fourth-order valence-electron chi connectivity index (χ4n) is 2.14. The second-order valence-corrected chi connectivity index (χ2v) is 5.23. The summed E-state index contributed by atoms with van der Waals surface area (Å²) in [5.74, 6) is -1.50. The number of nitrogens with one attached hydrogen (secondary N) is 2. The van der Waals surface area contributed by atoms with Crippen LogP contribution in [0.2, 0.25) is 0 Å². The van der Waals surface area contributed by atoms with Gasteiger partial charge in [-0.2, -0.15) is 5.26 Å². The second-order valence-electron chi connectivity index (χ2n) is 5.23. The molecule has 1 atom stereocenters. The lowest BCUT2D eigenvalue weighted by Gasteiger charge is -2.17. The van der Waals surface area contributed by atoms with Crippen LogP contribution in [0.1, 0.15) is 34.5 Å². The summed E-state index contributed by atoms with van der Waals surface area (Å²) in [6, 6.07) is 15.5. The van der Waals surface area contributed by atoms with E-state index in [-0.39, 0.29) is 5.56 Å². The Morgan fingerprint density at radius 2 is 1.73 bits per heavy atom. The second kappa shape index (κ2) is 8.99. The zero-order valence-electron chi connectivity index (χ0n) is 14.1. The van der Waals surface area contributed by atoms with Crippen molar-refractivity contribution in [1.82, 2.24) is 10.6 Å². The minimum Gasteiger partial charge on any atom is -0.444 e. The van der Waals surface area contributed by atoms with E-state index < -0.39 is 24.0 Å². The van der Waals surface area contributed by atoms with Crippen molar-refractivity contribution in [3.8, 4) is 6.07 Å². The predicted octanol–water partition coefficient (Wildman–Crippen LogP) is 2.30. The monoisotopic (exact) mass is 351 g/mol. The molecule has 0 radical (unpaired) electrons. The van der Waals surface area contributed by atoms with Gasteiger partial charge in [0.2, 0.25) is 6.10 Å². The summed E-state index contributed by atoms with van der Waals surface area (Å²) in [6.07, 6.45) is -1.29. The minimum atomic E-state index is -1.29. The van der Waals surface area contributed by atoms with Crippen LogP contribution in [0.15, 0.2) is 54.6 Å². The number of carbonyl (C=O) groups excluding carboxylic acids is 3. The molecule has 0 spiro atoms. The predicted molar refractivity (Wildman–Crippen MR) is 93.0 cm³/mol. The summed E-state index contributed by atoms with van der Waals surface area (Å²) in [5.41, 5.74) is 1.02. The van der Waals surface area contributed by atoms with Crippen LogP contribution in [0, 0.1) is 11.3 Å². The number of imide groups is 1. The smallest absolute Gasteiger partial charge is 0.339 e. The average Bonchev–Trinajstić information content (AvgIpc) is 2.66. The molecule has 2 aromatic rings. The first-order chi connectivity index (χ1) is 12.5. The highest BCUT2D eigenvalue weighted by molar-refractivity contribution is 5.99. The fraction of sp³-hybridized carbons (Fsp3) is 0.158. The Labute approximate surface area is 150 Å². The number of benzene rings is 2. The maximum absolute atomic E-state index is 12.4. The molecule has 0 saturated heterocycles. The Hall–Kier alpha value is -3.66. The lowest BCUT2D eigenvalue weighted by Crippen LogP contribution is -2.42. The van der Waals surface area contributed by atoms with Gasteiger partial charge in [-0.15, -0.1) is 0 Å². The van der Waals surface area contributed by atoms with Crippen LogP contribution in [0.3, 0.4) is 0 Å². The molecule has 0 aliphatic rings. The van der Waals surface area contributed by atoms with Crippen LogP contribution in [0.25, 0.3) is 0 Å². The quantitative estimate of drug-likeness (QED) is 0.804. The molecule has 0 aliphatic heterocycles. The summed E-state index contributed by atoms with van der Waals surface area (Å²) in [6.45, 7) is 2.06. The molecular weight excluding hydrogens is 334 g/mol. The highest BCUT2D eigenvalue weighted by atomic mass is 16.5. The molecule has 0 saturated carbocycles. The summed E-state index contributed by atoms with van der Waals surface area (Å²) in [5, 5.41) is 13.4.